The third-order valence-corrected chi connectivity index (χ3v) is 4.89. The molecule has 0 aromatic carbocycles. The van der Waals surface area contributed by atoms with Gasteiger partial charge in [0.15, 0.2) is 5.82 Å². The van der Waals surface area contributed by atoms with Gasteiger partial charge in [0, 0.05) is 35.2 Å². The fourth-order valence-corrected chi connectivity index (χ4v) is 3.29. The van der Waals surface area contributed by atoms with E-state index in [1.165, 1.54) is 18.5 Å². The van der Waals surface area contributed by atoms with Crippen LogP contribution in [-0.4, -0.2) is 31.8 Å². The molecule has 1 aliphatic carbocycles. The second-order valence-corrected chi connectivity index (χ2v) is 7.15. The third-order valence-electron chi connectivity index (χ3n) is 4.69. The van der Waals surface area contributed by atoms with Crippen LogP contribution in [0.25, 0.3) is 11.3 Å². The number of aromatic nitrogens is 2. The summed E-state index contributed by atoms with van der Waals surface area (Å²) in [5, 5.41) is 23.0. The number of pyridine rings is 2. The lowest BCUT2D eigenvalue weighted by Crippen LogP contribution is -2.35. The molecule has 0 bridgehead atoms. The molecule has 0 amide bonds. The maximum atomic E-state index is 14.6. The Balaban J connectivity index is 1.92. The molecule has 0 radical (unpaired) electrons. The number of rotatable bonds is 4. The first-order chi connectivity index (χ1) is 11.9. The Kier molecular flexibility index (Phi) is 5.22. The van der Waals surface area contributed by atoms with E-state index in [9.17, 15) is 14.6 Å². The van der Waals surface area contributed by atoms with Crippen LogP contribution in [0.3, 0.4) is 0 Å². The summed E-state index contributed by atoms with van der Waals surface area (Å²) in [6.45, 7) is 1.44. The molecule has 7 heteroatoms. The van der Waals surface area contributed by atoms with Gasteiger partial charge in [-0.1, -0.05) is 11.6 Å². The van der Waals surface area contributed by atoms with Crippen LogP contribution in [0.1, 0.15) is 38.2 Å². The summed E-state index contributed by atoms with van der Waals surface area (Å²) in [5.74, 6) is -0.566. The molecule has 5 nitrogen and oxygen atoms in total. The van der Waals surface area contributed by atoms with Crippen LogP contribution in [0, 0.1) is 5.82 Å². The molecule has 0 unspecified atom stereocenters. The molecule has 25 heavy (non-hydrogen) atoms. The lowest BCUT2D eigenvalue weighted by Gasteiger charge is -2.34. The topological polar surface area (TPSA) is 78.3 Å². The standard InChI is InChI=1S/C18H21ClFN3O2/c1-18(25)5-2-12(3-6-18)23-14-8-15(19)22-9-13(14)17-16(20)11(10-24)4-7-21-17/h4,7-9,12,24-25H,2-3,5-6,10H2,1H3,(H,22,23). The predicted octanol–water partition coefficient (Wildman–Crippen LogP) is 3.53. The third kappa shape index (κ3) is 4.08. The zero-order chi connectivity index (χ0) is 18.0. The monoisotopic (exact) mass is 365 g/mol. The van der Waals surface area contributed by atoms with Gasteiger partial charge in [0.25, 0.3) is 0 Å². The fourth-order valence-electron chi connectivity index (χ4n) is 3.14. The number of aliphatic hydroxyl groups is 2. The average Bonchev–Trinajstić information content (AvgIpc) is 2.58. The van der Waals surface area contributed by atoms with E-state index in [1.807, 2.05) is 6.92 Å². The summed E-state index contributed by atoms with van der Waals surface area (Å²) >= 11 is 6.02. The maximum Gasteiger partial charge on any atom is 0.155 e. The van der Waals surface area contributed by atoms with Gasteiger partial charge >= 0.3 is 0 Å². The first-order valence-electron chi connectivity index (χ1n) is 8.29. The van der Waals surface area contributed by atoms with Gasteiger partial charge in [0.05, 0.1) is 12.2 Å². The first-order valence-corrected chi connectivity index (χ1v) is 8.66. The molecule has 2 aromatic heterocycles. The Bertz CT molecular complexity index is 760. The molecule has 0 spiro atoms. The minimum absolute atomic E-state index is 0.126. The SMILES string of the molecule is CC1(O)CCC(Nc2cc(Cl)ncc2-c2nccc(CO)c2F)CC1. The molecule has 1 saturated carbocycles. The molecule has 0 saturated heterocycles. The van der Waals surface area contributed by atoms with E-state index >= 15 is 0 Å². The molecule has 1 aliphatic rings. The second kappa shape index (κ2) is 7.23. The summed E-state index contributed by atoms with van der Waals surface area (Å²) in [4.78, 5) is 8.16. The van der Waals surface area contributed by atoms with E-state index < -0.39 is 18.0 Å². The highest BCUT2D eigenvalue weighted by molar-refractivity contribution is 6.29. The van der Waals surface area contributed by atoms with E-state index in [4.69, 9.17) is 11.6 Å². The van der Waals surface area contributed by atoms with E-state index in [2.05, 4.69) is 15.3 Å². The lowest BCUT2D eigenvalue weighted by molar-refractivity contribution is 0.0196. The molecule has 3 rings (SSSR count). The van der Waals surface area contributed by atoms with E-state index in [-0.39, 0.29) is 17.3 Å². The minimum atomic E-state index is -0.625. The minimum Gasteiger partial charge on any atom is -0.392 e. The van der Waals surface area contributed by atoms with Crippen LogP contribution in [0.5, 0.6) is 0 Å². The highest BCUT2D eigenvalue weighted by Gasteiger charge is 2.29. The van der Waals surface area contributed by atoms with Crippen molar-refractivity contribution in [3.63, 3.8) is 0 Å². The van der Waals surface area contributed by atoms with Crippen molar-refractivity contribution in [2.24, 2.45) is 0 Å². The van der Waals surface area contributed by atoms with Crippen LogP contribution >= 0.6 is 11.6 Å². The number of nitrogens with one attached hydrogen (secondary N) is 1. The van der Waals surface area contributed by atoms with Gasteiger partial charge in [-0.25, -0.2) is 9.37 Å². The highest BCUT2D eigenvalue weighted by atomic mass is 35.5. The number of halogens is 2. The van der Waals surface area contributed by atoms with Gasteiger partial charge in [-0.3, -0.25) is 4.98 Å². The lowest BCUT2D eigenvalue weighted by atomic mass is 9.83. The fraction of sp³-hybridized carbons (Fsp3) is 0.444. The van der Waals surface area contributed by atoms with Crippen molar-refractivity contribution in [2.75, 3.05) is 5.32 Å². The van der Waals surface area contributed by atoms with E-state index in [0.717, 1.165) is 12.8 Å². The Morgan fingerprint density at radius 1 is 1.36 bits per heavy atom. The molecule has 2 aromatic rings. The number of hydrogen-bond acceptors (Lipinski definition) is 5. The summed E-state index contributed by atoms with van der Waals surface area (Å²) in [7, 11) is 0. The van der Waals surface area contributed by atoms with Crippen LogP contribution in [0.4, 0.5) is 10.1 Å². The average molecular weight is 366 g/mol. The Morgan fingerprint density at radius 3 is 2.76 bits per heavy atom. The van der Waals surface area contributed by atoms with Crippen molar-refractivity contribution < 1.29 is 14.6 Å². The van der Waals surface area contributed by atoms with Gasteiger partial charge in [0.2, 0.25) is 0 Å². The Hall–Kier alpha value is -1.76. The van der Waals surface area contributed by atoms with Crippen molar-refractivity contribution in [3.05, 3.63) is 41.1 Å². The Labute approximate surface area is 150 Å². The van der Waals surface area contributed by atoms with Crippen molar-refractivity contribution in [1.29, 1.82) is 0 Å². The van der Waals surface area contributed by atoms with Gasteiger partial charge in [-0.05, 0) is 44.7 Å². The molecule has 0 aliphatic heterocycles. The number of hydrogen-bond donors (Lipinski definition) is 3. The van der Waals surface area contributed by atoms with Crippen molar-refractivity contribution in [1.82, 2.24) is 9.97 Å². The van der Waals surface area contributed by atoms with Crippen LogP contribution in [0.15, 0.2) is 24.5 Å². The molecule has 3 N–H and O–H groups in total. The zero-order valence-electron chi connectivity index (χ0n) is 14.0. The van der Waals surface area contributed by atoms with Crippen LogP contribution in [0.2, 0.25) is 5.15 Å². The number of aliphatic hydroxyl groups excluding tert-OH is 1. The van der Waals surface area contributed by atoms with Gasteiger partial charge in [-0.2, -0.15) is 0 Å². The molecular weight excluding hydrogens is 345 g/mol. The summed E-state index contributed by atoms with van der Waals surface area (Å²) < 4.78 is 14.6. The summed E-state index contributed by atoms with van der Waals surface area (Å²) in [5.41, 5.74) is 0.822. The number of nitrogens with zero attached hydrogens (tertiary/aromatic N) is 2. The van der Waals surface area contributed by atoms with E-state index in [0.29, 0.717) is 29.2 Å². The smallest absolute Gasteiger partial charge is 0.155 e. The zero-order valence-corrected chi connectivity index (χ0v) is 14.7. The van der Waals surface area contributed by atoms with Crippen molar-refractivity contribution in [2.45, 2.75) is 50.9 Å². The van der Waals surface area contributed by atoms with Gasteiger partial charge in [0.1, 0.15) is 10.8 Å². The molecule has 134 valence electrons. The van der Waals surface area contributed by atoms with Crippen molar-refractivity contribution >= 4 is 17.3 Å². The second-order valence-electron chi connectivity index (χ2n) is 6.76. The first kappa shape index (κ1) is 18.0. The Morgan fingerprint density at radius 2 is 2.08 bits per heavy atom. The number of anilines is 1. The molecule has 2 heterocycles. The van der Waals surface area contributed by atoms with Gasteiger partial charge in [-0.15, -0.1) is 0 Å². The highest BCUT2D eigenvalue weighted by Crippen LogP contribution is 2.34. The molecule has 0 atom stereocenters. The maximum absolute atomic E-state index is 14.6. The van der Waals surface area contributed by atoms with Crippen LogP contribution in [-0.2, 0) is 6.61 Å². The largest absolute Gasteiger partial charge is 0.392 e. The van der Waals surface area contributed by atoms with Crippen molar-refractivity contribution in [3.8, 4) is 11.3 Å². The normalized spacial score (nSPS) is 23.5. The predicted molar refractivity (Wildman–Crippen MR) is 94.9 cm³/mol. The van der Waals surface area contributed by atoms with Crippen LogP contribution < -0.4 is 5.32 Å². The molecule has 1 fully saturated rings. The quantitative estimate of drug-likeness (QED) is 0.722. The summed E-state index contributed by atoms with van der Waals surface area (Å²) in [6.07, 6.45) is 5.95. The van der Waals surface area contributed by atoms with E-state index in [1.54, 1.807) is 6.07 Å². The molecular formula is C18H21ClFN3O2. The summed E-state index contributed by atoms with van der Waals surface area (Å²) in [6, 6.07) is 3.25. The van der Waals surface area contributed by atoms with Gasteiger partial charge < -0.3 is 15.5 Å².